The molecule has 0 bridgehead atoms. The van der Waals surface area contributed by atoms with Gasteiger partial charge in [-0.3, -0.25) is 0 Å². The molecule has 0 unspecified atom stereocenters. The third kappa shape index (κ3) is 1.17. The van der Waals surface area contributed by atoms with Gasteiger partial charge in [0.15, 0.2) is 11.5 Å². The number of nitrogens with zero attached hydrogens (tertiary/aromatic N) is 1. The van der Waals surface area contributed by atoms with Gasteiger partial charge in [-0.05, 0) is 12.1 Å². The molecule has 1 rings (SSSR count). The summed E-state index contributed by atoms with van der Waals surface area (Å²) in [6.07, 6.45) is 0. The first kappa shape index (κ1) is 8.34. The van der Waals surface area contributed by atoms with Gasteiger partial charge in [-0.15, -0.1) is 0 Å². The molecular weight excluding hydrogens is 161 g/mol. The second-order valence-electron chi connectivity index (χ2n) is 2.09. The number of rotatable bonds is 1. The van der Waals surface area contributed by atoms with Crippen LogP contribution in [-0.4, -0.2) is 12.2 Å². The summed E-state index contributed by atoms with van der Waals surface area (Å²) in [5.74, 6) is -1.65. The number of benzene rings is 1. The van der Waals surface area contributed by atoms with Crippen molar-refractivity contribution < 1.29 is 14.2 Å². The van der Waals surface area contributed by atoms with Crippen LogP contribution in [0.1, 0.15) is 5.56 Å². The van der Waals surface area contributed by atoms with E-state index in [1.807, 2.05) is 0 Å². The van der Waals surface area contributed by atoms with Crippen LogP contribution in [0.4, 0.5) is 4.39 Å². The van der Waals surface area contributed by atoms with E-state index in [1.54, 1.807) is 6.07 Å². The molecule has 0 aliphatic heterocycles. The first-order valence-corrected chi connectivity index (χ1v) is 3.16. The maximum atomic E-state index is 12.9. The highest BCUT2D eigenvalue weighted by molar-refractivity contribution is 5.48. The minimum absolute atomic E-state index is 0.0628. The zero-order valence-electron chi connectivity index (χ0n) is 6.34. The lowest BCUT2D eigenvalue weighted by Crippen LogP contribution is -1.92. The Bertz CT molecular complexity index is 344. The number of ether oxygens (including phenoxy) is 1. The van der Waals surface area contributed by atoms with Crippen LogP contribution in [0.2, 0.25) is 0 Å². The van der Waals surface area contributed by atoms with E-state index >= 15 is 0 Å². The van der Waals surface area contributed by atoms with Gasteiger partial charge in [-0.25, -0.2) is 0 Å². The summed E-state index contributed by atoms with van der Waals surface area (Å²) in [5, 5.41) is 17.4. The zero-order chi connectivity index (χ0) is 9.14. The Balaban J connectivity index is 3.38. The van der Waals surface area contributed by atoms with E-state index in [-0.39, 0.29) is 11.3 Å². The normalized spacial score (nSPS) is 9.08. The number of phenols is 1. The first-order chi connectivity index (χ1) is 5.70. The average Bonchev–Trinajstić information content (AvgIpc) is 2.09. The molecule has 1 N–H and O–H groups in total. The summed E-state index contributed by atoms with van der Waals surface area (Å²) in [6, 6.07) is 4.13. The molecule has 0 atom stereocenters. The number of hydrogen-bond acceptors (Lipinski definition) is 3. The van der Waals surface area contributed by atoms with Crippen molar-refractivity contribution in [3.8, 4) is 17.6 Å². The molecule has 0 saturated carbocycles. The summed E-state index contributed by atoms with van der Waals surface area (Å²) < 4.78 is 17.5. The third-order valence-electron chi connectivity index (χ3n) is 1.40. The van der Waals surface area contributed by atoms with E-state index < -0.39 is 11.6 Å². The number of nitriles is 1. The van der Waals surface area contributed by atoms with E-state index in [2.05, 4.69) is 4.74 Å². The lowest BCUT2D eigenvalue weighted by atomic mass is 10.2. The van der Waals surface area contributed by atoms with Crippen LogP contribution < -0.4 is 4.74 Å². The molecule has 1 aromatic carbocycles. The molecule has 0 amide bonds. The number of hydrogen-bond donors (Lipinski definition) is 1. The van der Waals surface area contributed by atoms with Crippen LogP contribution in [0.3, 0.4) is 0 Å². The van der Waals surface area contributed by atoms with E-state index in [1.165, 1.54) is 13.2 Å². The number of phenolic OH excluding ortho intramolecular Hbond substituents is 1. The lowest BCUT2D eigenvalue weighted by molar-refractivity contribution is 0.363. The molecule has 62 valence electrons. The maximum Gasteiger partial charge on any atom is 0.207 e. The highest BCUT2D eigenvalue weighted by Gasteiger charge is 2.12. The van der Waals surface area contributed by atoms with Crippen LogP contribution in [0.25, 0.3) is 0 Å². The molecule has 1 aromatic rings. The summed E-state index contributed by atoms with van der Waals surface area (Å²) in [7, 11) is 1.23. The Morgan fingerprint density at radius 1 is 1.58 bits per heavy atom. The van der Waals surface area contributed by atoms with Crippen molar-refractivity contribution >= 4 is 0 Å². The molecule has 3 nitrogen and oxygen atoms in total. The Hall–Kier alpha value is -1.76. The minimum Gasteiger partial charge on any atom is -0.505 e. The molecule has 0 aliphatic rings. The van der Waals surface area contributed by atoms with Crippen molar-refractivity contribution in [1.82, 2.24) is 0 Å². The van der Waals surface area contributed by atoms with Gasteiger partial charge in [0, 0.05) is 0 Å². The fraction of sp³-hybridized carbons (Fsp3) is 0.125. The second kappa shape index (κ2) is 3.09. The lowest BCUT2D eigenvalue weighted by Gasteiger charge is -2.04. The molecule has 4 heteroatoms. The van der Waals surface area contributed by atoms with Gasteiger partial charge in [0.25, 0.3) is 0 Å². The topological polar surface area (TPSA) is 53.2 Å². The van der Waals surface area contributed by atoms with E-state index in [0.29, 0.717) is 0 Å². The van der Waals surface area contributed by atoms with Crippen molar-refractivity contribution in [1.29, 1.82) is 5.26 Å². The third-order valence-corrected chi connectivity index (χ3v) is 1.40. The van der Waals surface area contributed by atoms with Crippen molar-refractivity contribution in [2.75, 3.05) is 7.11 Å². The summed E-state index contributed by atoms with van der Waals surface area (Å²) in [5.41, 5.74) is 0.0628. The SMILES string of the molecule is COc1c(C#N)ccc(O)c1F. The van der Waals surface area contributed by atoms with E-state index in [9.17, 15) is 4.39 Å². The standard InChI is InChI=1S/C8H6FNO2/c1-12-8-5(4-10)2-3-6(11)7(8)9/h2-3,11H,1H3. The average molecular weight is 167 g/mol. The van der Waals surface area contributed by atoms with Gasteiger partial charge in [-0.2, -0.15) is 9.65 Å². The molecular formula is C8H6FNO2. The quantitative estimate of drug-likeness (QED) is 0.688. The molecule has 0 saturated heterocycles. The minimum atomic E-state index is -0.906. The zero-order valence-corrected chi connectivity index (χ0v) is 6.34. The Morgan fingerprint density at radius 3 is 2.75 bits per heavy atom. The molecule has 0 heterocycles. The largest absolute Gasteiger partial charge is 0.505 e. The Morgan fingerprint density at radius 2 is 2.25 bits per heavy atom. The first-order valence-electron chi connectivity index (χ1n) is 3.16. The maximum absolute atomic E-state index is 12.9. The van der Waals surface area contributed by atoms with Gasteiger partial charge in [-0.1, -0.05) is 0 Å². The van der Waals surface area contributed by atoms with Crippen molar-refractivity contribution in [2.24, 2.45) is 0 Å². The van der Waals surface area contributed by atoms with Crippen LogP contribution in [-0.2, 0) is 0 Å². The summed E-state index contributed by atoms with van der Waals surface area (Å²) in [6.45, 7) is 0. The number of halogens is 1. The Kier molecular flexibility index (Phi) is 2.15. The van der Waals surface area contributed by atoms with Crippen molar-refractivity contribution in [2.45, 2.75) is 0 Å². The van der Waals surface area contributed by atoms with Crippen LogP contribution in [0.5, 0.6) is 11.5 Å². The molecule has 0 aromatic heterocycles. The summed E-state index contributed by atoms with van der Waals surface area (Å²) in [4.78, 5) is 0. The number of aromatic hydroxyl groups is 1. The van der Waals surface area contributed by atoms with Crippen LogP contribution in [0, 0.1) is 17.1 Å². The molecule has 0 fully saturated rings. The molecule has 12 heavy (non-hydrogen) atoms. The number of methoxy groups -OCH3 is 1. The van der Waals surface area contributed by atoms with Gasteiger partial charge in [0.1, 0.15) is 6.07 Å². The fourth-order valence-corrected chi connectivity index (χ4v) is 0.833. The van der Waals surface area contributed by atoms with Crippen LogP contribution in [0.15, 0.2) is 12.1 Å². The summed E-state index contributed by atoms with van der Waals surface area (Å²) >= 11 is 0. The van der Waals surface area contributed by atoms with Gasteiger partial charge in [0.05, 0.1) is 12.7 Å². The van der Waals surface area contributed by atoms with Gasteiger partial charge >= 0.3 is 0 Å². The molecule has 0 aliphatic carbocycles. The van der Waals surface area contributed by atoms with Crippen molar-refractivity contribution in [3.63, 3.8) is 0 Å². The van der Waals surface area contributed by atoms with Crippen molar-refractivity contribution in [3.05, 3.63) is 23.5 Å². The van der Waals surface area contributed by atoms with E-state index in [4.69, 9.17) is 10.4 Å². The van der Waals surface area contributed by atoms with Crippen LogP contribution >= 0.6 is 0 Å². The molecule has 0 spiro atoms. The fourth-order valence-electron chi connectivity index (χ4n) is 0.833. The monoisotopic (exact) mass is 167 g/mol. The van der Waals surface area contributed by atoms with E-state index in [0.717, 1.165) is 6.07 Å². The predicted octanol–water partition coefficient (Wildman–Crippen LogP) is 1.41. The predicted molar refractivity (Wildman–Crippen MR) is 39.3 cm³/mol. The smallest absolute Gasteiger partial charge is 0.207 e. The van der Waals surface area contributed by atoms with Gasteiger partial charge in [0.2, 0.25) is 5.82 Å². The molecule has 0 radical (unpaired) electrons. The van der Waals surface area contributed by atoms with Gasteiger partial charge < -0.3 is 9.84 Å². The highest BCUT2D eigenvalue weighted by atomic mass is 19.1. The second-order valence-corrected chi connectivity index (χ2v) is 2.09. The highest BCUT2D eigenvalue weighted by Crippen LogP contribution is 2.28. The Labute approximate surface area is 68.6 Å².